The van der Waals surface area contributed by atoms with Crippen molar-refractivity contribution in [2.24, 2.45) is 17.8 Å². The molecule has 3 saturated heterocycles. The van der Waals surface area contributed by atoms with Crippen LogP contribution in [-0.4, -0.2) is 185 Å². The van der Waals surface area contributed by atoms with Crippen molar-refractivity contribution < 1.29 is 63.5 Å². The van der Waals surface area contributed by atoms with Crippen LogP contribution < -0.4 is 10.6 Å². The summed E-state index contributed by atoms with van der Waals surface area (Å²) in [5.41, 5.74) is -4.58. The molecule has 4 rings (SSSR count). The number of nitrogens with zero attached hydrogens (tertiary/aromatic N) is 2. The minimum atomic E-state index is -1.89. The van der Waals surface area contributed by atoms with Crippen LogP contribution in [0.4, 0.5) is 4.79 Å². The molecule has 0 bridgehead atoms. The molecule has 368 valence electrons. The van der Waals surface area contributed by atoms with E-state index in [1.165, 1.54) is 14.0 Å². The number of cyclic esters (lactones) is 1. The highest BCUT2D eigenvalue weighted by molar-refractivity contribution is 5.74. The van der Waals surface area contributed by atoms with Crippen molar-refractivity contribution in [3.63, 3.8) is 0 Å². The Bertz CT molecular complexity index is 1440. The molecule has 4 fully saturated rings. The van der Waals surface area contributed by atoms with Gasteiger partial charge in [-0.3, -0.25) is 9.69 Å². The molecular weight excluding hydrogens is 817 g/mol. The predicted octanol–water partition coefficient (Wildman–Crippen LogP) is 2.90. The van der Waals surface area contributed by atoms with E-state index in [9.17, 15) is 35.1 Å². The number of aliphatic hydroxyl groups is 5. The number of carbonyl (C=O) groups is 2. The highest BCUT2D eigenvalue weighted by Crippen LogP contribution is 2.40. The molecule has 0 aromatic carbocycles. The maximum Gasteiger partial charge on any atom is 0.315 e. The third kappa shape index (κ3) is 13.5. The number of carbonyl (C=O) groups excluding carboxylic acids is 2. The van der Waals surface area contributed by atoms with Gasteiger partial charge in [0.25, 0.3) is 0 Å². The Labute approximate surface area is 377 Å². The number of esters is 1. The maximum atomic E-state index is 14.5. The Kier molecular flexibility index (Phi) is 19.5. The van der Waals surface area contributed by atoms with E-state index >= 15 is 0 Å². The quantitative estimate of drug-likeness (QED) is 0.111. The summed E-state index contributed by atoms with van der Waals surface area (Å²) in [6.45, 7) is 18.8. The van der Waals surface area contributed by atoms with E-state index in [1.807, 2.05) is 51.6 Å². The number of aliphatic hydroxyl groups excluding tert-OH is 3. The average molecular weight is 903 g/mol. The summed E-state index contributed by atoms with van der Waals surface area (Å²) in [5.74, 6) is -2.81. The van der Waals surface area contributed by atoms with E-state index in [0.717, 1.165) is 25.7 Å². The first-order valence-electron chi connectivity index (χ1n) is 23.7. The number of likely N-dealkylation sites (N-methyl/N-ethyl adjacent to an activating group) is 1. The molecule has 0 spiro atoms. The Hall–Kier alpha value is -1.74. The van der Waals surface area contributed by atoms with Gasteiger partial charge < -0.3 is 69.5 Å². The summed E-state index contributed by atoms with van der Waals surface area (Å²) in [6, 6.07) is -0.986. The molecule has 0 aromatic rings. The fourth-order valence-electron chi connectivity index (χ4n) is 10.7. The Morgan fingerprint density at radius 3 is 2.21 bits per heavy atom. The van der Waals surface area contributed by atoms with Gasteiger partial charge in [-0.1, -0.05) is 33.6 Å². The Morgan fingerprint density at radius 1 is 0.952 bits per heavy atom. The van der Waals surface area contributed by atoms with Crippen LogP contribution in [0.1, 0.15) is 127 Å². The van der Waals surface area contributed by atoms with Crippen molar-refractivity contribution in [1.82, 2.24) is 20.4 Å². The molecule has 0 aromatic heterocycles. The first kappa shape index (κ1) is 53.9. The van der Waals surface area contributed by atoms with E-state index in [2.05, 4.69) is 10.6 Å². The van der Waals surface area contributed by atoms with Crippen molar-refractivity contribution in [3.05, 3.63) is 0 Å². The third-order valence-electron chi connectivity index (χ3n) is 14.6. The van der Waals surface area contributed by atoms with Gasteiger partial charge in [0.15, 0.2) is 12.6 Å². The third-order valence-corrected chi connectivity index (χ3v) is 14.6. The van der Waals surface area contributed by atoms with E-state index in [-0.39, 0.29) is 49.4 Å². The van der Waals surface area contributed by atoms with Crippen LogP contribution in [0.2, 0.25) is 0 Å². The van der Waals surface area contributed by atoms with Gasteiger partial charge in [0.05, 0.1) is 41.5 Å². The van der Waals surface area contributed by atoms with Gasteiger partial charge in [-0.15, -0.1) is 0 Å². The van der Waals surface area contributed by atoms with Gasteiger partial charge in [-0.2, -0.15) is 0 Å². The zero-order valence-electron chi connectivity index (χ0n) is 40.6. The Morgan fingerprint density at radius 2 is 1.60 bits per heavy atom. The van der Waals surface area contributed by atoms with Crippen molar-refractivity contribution in [3.8, 4) is 0 Å². The van der Waals surface area contributed by atoms with Crippen molar-refractivity contribution >= 4 is 12.0 Å². The summed E-state index contributed by atoms with van der Waals surface area (Å²) in [4.78, 5) is 31.1. The number of hydrogen-bond acceptors (Lipinski definition) is 15. The van der Waals surface area contributed by atoms with E-state index in [4.69, 9.17) is 28.4 Å². The van der Waals surface area contributed by atoms with Crippen LogP contribution in [0.25, 0.3) is 0 Å². The first-order valence-corrected chi connectivity index (χ1v) is 23.7. The molecule has 17 nitrogen and oxygen atoms in total. The number of rotatable bonds is 12. The number of methoxy groups -OCH3 is 1. The average Bonchev–Trinajstić information content (AvgIpc) is 3.73. The number of nitrogens with one attached hydrogen (secondary N) is 2. The summed E-state index contributed by atoms with van der Waals surface area (Å²) >= 11 is 0. The van der Waals surface area contributed by atoms with Crippen LogP contribution in [0.3, 0.4) is 0 Å². The first-order chi connectivity index (χ1) is 29.4. The predicted molar refractivity (Wildman–Crippen MR) is 237 cm³/mol. The van der Waals surface area contributed by atoms with Crippen LogP contribution >= 0.6 is 0 Å². The summed E-state index contributed by atoms with van der Waals surface area (Å²) in [7, 11) is 5.27. The SMILES string of the molecule is CC[C@H]1OC(=O)[C@H](C)[C@@H](O[C@H]2C[C@@](C)(OC)[C@@H](O)[C@H](C)O2)[C@H](C)[C@@H](O[C@@H]2O[C@H](C)C[C@H](N(C)C)[C@H]2O)[C@](C)(O)C[C@@H](C)CN(CCCNC(=O)NC2CCCC2)[C@H](C)[C@@H](O)[C@]1(C)O. The molecule has 3 heterocycles. The van der Waals surface area contributed by atoms with E-state index in [1.54, 1.807) is 34.6 Å². The molecule has 0 unspecified atom stereocenters. The van der Waals surface area contributed by atoms with Crippen LogP contribution in [0.15, 0.2) is 0 Å². The van der Waals surface area contributed by atoms with Gasteiger partial charge in [-0.05, 0) is 107 Å². The topological polar surface area (TPSA) is 221 Å². The maximum absolute atomic E-state index is 14.5. The molecule has 7 N–H and O–H groups in total. The Balaban J connectivity index is 1.75. The normalized spacial score (nSPS) is 44.4. The zero-order chi connectivity index (χ0) is 47.2. The van der Waals surface area contributed by atoms with Gasteiger partial charge in [-0.25, -0.2) is 4.79 Å². The van der Waals surface area contributed by atoms with Gasteiger partial charge in [0.2, 0.25) is 0 Å². The number of hydrogen-bond donors (Lipinski definition) is 7. The summed E-state index contributed by atoms with van der Waals surface area (Å²) in [6.07, 6.45) is -4.13. The molecule has 63 heavy (non-hydrogen) atoms. The molecule has 2 amide bonds. The number of urea groups is 1. The fourth-order valence-corrected chi connectivity index (χ4v) is 10.7. The zero-order valence-corrected chi connectivity index (χ0v) is 40.6. The smallest absolute Gasteiger partial charge is 0.315 e. The fraction of sp³-hybridized carbons (Fsp3) is 0.957. The lowest BCUT2D eigenvalue weighted by Gasteiger charge is -2.48. The van der Waals surface area contributed by atoms with Crippen molar-refractivity contribution in [2.75, 3.05) is 40.8 Å². The monoisotopic (exact) mass is 903 g/mol. The molecule has 0 radical (unpaired) electrons. The lowest BCUT2D eigenvalue weighted by atomic mass is 9.77. The second-order valence-corrected chi connectivity index (χ2v) is 20.5. The van der Waals surface area contributed by atoms with Gasteiger partial charge in [0.1, 0.15) is 30.0 Å². The minimum Gasteiger partial charge on any atom is -0.459 e. The molecule has 17 heteroatoms. The largest absolute Gasteiger partial charge is 0.459 e. The second-order valence-electron chi connectivity index (χ2n) is 20.5. The molecule has 3 aliphatic heterocycles. The van der Waals surface area contributed by atoms with Crippen LogP contribution in [-0.2, 0) is 33.2 Å². The molecule has 4 aliphatic rings. The van der Waals surface area contributed by atoms with Crippen LogP contribution in [0, 0.1) is 17.8 Å². The van der Waals surface area contributed by atoms with E-state index < -0.39 is 96.0 Å². The molecule has 1 aliphatic carbocycles. The number of amides is 2. The summed E-state index contributed by atoms with van der Waals surface area (Å²) in [5, 5.41) is 65.7. The standard InChI is InChI=1S/C46H86N4O13/c1-14-34-46(10,57)38(52)30(6)50(21-17-20-47-43(55)48-32-18-15-16-19-32)25-26(2)23-44(8,56)40(63-42-36(51)33(49(11)12)22-27(3)59-42)28(4)37(29(5)41(54)61-34)62-35-24-45(9,58-13)39(53)31(7)60-35/h26-40,42,51-53,56-57H,14-25H2,1-13H3,(H2,47,48,55)/t26-,27-,28+,29-,30-,31+,33+,34-,35+,36-,37+,38-,39+,40-,42+,44-,45-,46-/m1/s1. The van der Waals surface area contributed by atoms with Crippen molar-refractivity contribution in [1.29, 1.82) is 0 Å². The summed E-state index contributed by atoms with van der Waals surface area (Å²) < 4.78 is 38.0. The minimum absolute atomic E-state index is 0.109. The highest BCUT2D eigenvalue weighted by Gasteiger charge is 2.53. The molecule has 1 saturated carbocycles. The van der Waals surface area contributed by atoms with Crippen LogP contribution in [0.5, 0.6) is 0 Å². The lowest BCUT2D eigenvalue weighted by molar-refractivity contribution is -0.318. The molecular formula is C46H86N4O13. The van der Waals surface area contributed by atoms with E-state index in [0.29, 0.717) is 32.5 Å². The van der Waals surface area contributed by atoms with Gasteiger partial charge >= 0.3 is 12.0 Å². The lowest BCUT2D eigenvalue weighted by Crippen LogP contribution is -2.60. The molecule has 18 atom stereocenters. The van der Waals surface area contributed by atoms with Gasteiger partial charge in [0, 0.05) is 57.2 Å². The van der Waals surface area contributed by atoms with Crippen molar-refractivity contribution in [2.45, 2.75) is 223 Å². The second kappa shape index (κ2) is 22.8. The number of ether oxygens (including phenoxy) is 6. The highest BCUT2D eigenvalue weighted by atomic mass is 16.7.